The fraction of sp³-hybridized carbons (Fsp3) is 0.143. The molecule has 27 heavy (non-hydrogen) atoms. The van der Waals surface area contributed by atoms with Crippen molar-refractivity contribution in [3.8, 4) is 11.5 Å². The summed E-state index contributed by atoms with van der Waals surface area (Å²) in [5.41, 5.74) is 3.30. The highest BCUT2D eigenvalue weighted by atomic mass is 35.5. The monoisotopic (exact) mass is 415 g/mol. The maximum atomic E-state index is 6.25. The summed E-state index contributed by atoms with van der Waals surface area (Å²) in [6, 6.07) is 16.2. The van der Waals surface area contributed by atoms with Gasteiger partial charge in [0.15, 0.2) is 11.5 Å². The van der Waals surface area contributed by atoms with E-state index in [1.54, 1.807) is 37.3 Å². The molecule has 0 bridgehead atoms. The number of benzene rings is 2. The van der Waals surface area contributed by atoms with Gasteiger partial charge in [-0.3, -0.25) is 0 Å². The molecule has 0 amide bonds. The van der Waals surface area contributed by atoms with E-state index < -0.39 is 0 Å². The molecule has 1 aliphatic heterocycles. The minimum absolute atomic E-state index is 0.106. The van der Waals surface area contributed by atoms with E-state index in [9.17, 15) is 0 Å². The van der Waals surface area contributed by atoms with E-state index in [0.29, 0.717) is 0 Å². The van der Waals surface area contributed by atoms with E-state index in [1.807, 2.05) is 30.3 Å². The van der Waals surface area contributed by atoms with Crippen LogP contribution in [-0.2, 0) is 0 Å². The van der Waals surface area contributed by atoms with Crippen molar-refractivity contribution >= 4 is 46.1 Å². The molecule has 2 heterocycles. The number of hydrogen-bond acceptors (Lipinski definition) is 5. The van der Waals surface area contributed by atoms with Crippen LogP contribution in [-0.4, -0.2) is 14.2 Å². The van der Waals surface area contributed by atoms with Crippen LogP contribution in [0.15, 0.2) is 64.9 Å². The normalized spacial score (nSPS) is 16.0. The maximum Gasteiger partial charge on any atom is 0.161 e. The molecule has 3 nitrogen and oxygen atoms in total. The molecule has 6 heteroatoms. The molecule has 1 N–H and O–H groups in total. The van der Waals surface area contributed by atoms with Crippen LogP contribution in [0.1, 0.15) is 15.7 Å². The molecule has 0 saturated carbocycles. The number of anilines is 1. The Bertz CT molecular complexity index is 986. The summed E-state index contributed by atoms with van der Waals surface area (Å²) in [6.07, 6.45) is 2.26. The zero-order valence-electron chi connectivity index (χ0n) is 14.9. The van der Waals surface area contributed by atoms with Crippen LogP contribution in [0.25, 0.3) is 5.70 Å². The number of fused-ring (bicyclic) bond motifs is 1. The van der Waals surface area contributed by atoms with Gasteiger partial charge in [0.1, 0.15) is 0 Å². The molecular formula is C21H18ClNO2S2. The minimum Gasteiger partial charge on any atom is -0.493 e. The van der Waals surface area contributed by atoms with Gasteiger partial charge in [0.2, 0.25) is 0 Å². The number of methoxy groups -OCH3 is 2. The highest BCUT2D eigenvalue weighted by Crippen LogP contribution is 2.47. The molecule has 0 spiro atoms. The molecule has 4 rings (SSSR count). The van der Waals surface area contributed by atoms with Crippen molar-refractivity contribution in [3.63, 3.8) is 0 Å². The van der Waals surface area contributed by atoms with Crippen LogP contribution in [0.3, 0.4) is 0 Å². The van der Waals surface area contributed by atoms with E-state index in [-0.39, 0.29) is 5.25 Å². The van der Waals surface area contributed by atoms with E-state index in [1.165, 1.54) is 4.88 Å². The van der Waals surface area contributed by atoms with Crippen molar-refractivity contribution < 1.29 is 9.47 Å². The minimum atomic E-state index is 0.106. The Morgan fingerprint density at radius 1 is 1.00 bits per heavy atom. The number of thioether (sulfide) groups is 1. The van der Waals surface area contributed by atoms with Gasteiger partial charge in [0.25, 0.3) is 0 Å². The van der Waals surface area contributed by atoms with Crippen LogP contribution in [0.5, 0.6) is 11.5 Å². The van der Waals surface area contributed by atoms with Gasteiger partial charge in [-0.05, 0) is 53.4 Å². The Balaban J connectivity index is 1.81. The van der Waals surface area contributed by atoms with E-state index in [4.69, 9.17) is 21.1 Å². The Kier molecular flexibility index (Phi) is 5.34. The average molecular weight is 416 g/mol. The first-order valence-corrected chi connectivity index (χ1v) is 10.5. The average Bonchev–Trinajstić information content (AvgIpc) is 3.16. The predicted molar refractivity (Wildman–Crippen MR) is 116 cm³/mol. The van der Waals surface area contributed by atoms with Gasteiger partial charge >= 0.3 is 0 Å². The topological polar surface area (TPSA) is 30.5 Å². The standard InChI is InChI=1S/C21H18ClNO2S2/c1-24-17-8-5-13(10-18(17)25-2)20-12-16(19-4-3-9-26-19)23-15-7-6-14(22)11-21(15)27-20/h3-12,20,23H,1-2H3. The smallest absolute Gasteiger partial charge is 0.161 e. The Labute approximate surface area is 172 Å². The number of rotatable bonds is 4. The summed E-state index contributed by atoms with van der Waals surface area (Å²) >= 11 is 9.73. The summed E-state index contributed by atoms with van der Waals surface area (Å²) in [6.45, 7) is 0. The third kappa shape index (κ3) is 3.81. The second kappa shape index (κ2) is 7.89. The number of thiophene rings is 1. The summed E-state index contributed by atoms with van der Waals surface area (Å²) in [5, 5.41) is 6.50. The fourth-order valence-corrected chi connectivity index (χ4v) is 5.12. The third-order valence-corrected chi connectivity index (χ3v) is 6.70. The summed E-state index contributed by atoms with van der Waals surface area (Å²) in [5.74, 6) is 1.45. The lowest BCUT2D eigenvalue weighted by Crippen LogP contribution is -1.98. The lowest BCUT2D eigenvalue weighted by molar-refractivity contribution is 0.354. The van der Waals surface area contributed by atoms with Crippen molar-refractivity contribution in [2.24, 2.45) is 0 Å². The zero-order chi connectivity index (χ0) is 18.8. The first kappa shape index (κ1) is 18.3. The molecule has 138 valence electrons. The van der Waals surface area contributed by atoms with E-state index >= 15 is 0 Å². The Morgan fingerprint density at radius 2 is 1.85 bits per heavy atom. The number of hydrogen-bond donors (Lipinski definition) is 1. The van der Waals surface area contributed by atoms with E-state index in [2.05, 4.69) is 35.0 Å². The van der Waals surface area contributed by atoms with Crippen LogP contribution >= 0.6 is 34.7 Å². The van der Waals surface area contributed by atoms with Gasteiger partial charge in [0.05, 0.1) is 35.7 Å². The van der Waals surface area contributed by atoms with Crippen molar-refractivity contribution in [1.29, 1.82) is 0 Å². The summed E-state index contributed by atoms with van der Waals surface area (Å²) in [4.78, 5) is 2.31. The summed E-state index contributed by atoms with van der Waals surface area (Å²) < 4.78 is 10.9. The number of nitrogens with one attached hydrogen (secondary N) is 1. The third-order valence-electron chi connectivity index (χ3n) is 4.31. The number of ether oxygens (including phenoxy) is 2. The van der Waals surface area contributed by atoms with Crippen LogP contribution < -0.4 is 14.8 Å². The molecule has 1 aliphatic rings. The second-order valence-electron chi connectivity index (χ2n) is 5.98. The largest absolute Gasteiger partial charge is 0.493 e. The molecule has 1 atom stereocenters. The van der Waals surface area contributed by atoms with E-state index in [0.717, 1.165) is 38.4 Å². The lowest BCUT2D eigenvalue weighted by Gasteiger charge is -2.15. The summed E-state index contributed by atoms with van der Waals surface area (Å²) in [7, 11) is 3.31. The molecule has 0 fully saturated rings. The van der Waals surface area contributed by atoms with Crippen molar-refractivity contribution in [2.75, 3.05) is 19.5 Å². The Morgan fingerprint density at radius 3 is 2.59 bits per heavy atom. The number of halogens is 1. The highest BCUT2D eigenvalue weighted by Gasteiger charge is 2.21. The lowest BCUT2D eigenvalue weighted by atomic mass is 10.1. The molecule has 3 aromatic rings. The van der Waals surface area contributed by atoms with Gasteiger partial charge in [-0.15, -0.1) is 23.1 Å². The van der Waals surface area contributed by atoms with Gasteiger partial charge in [0, 0.05) is 9.92 Å². The van der Waals surface area contributed by atoms with Gasteiger partial charge in [-0.1, -0.05) is 23.7 Å². The molecule has 0 radical (unpaired) electrons. The van der Waals surface area contributed by atoms with Crippen LogP contribution in [0.2, 0.25) is 5.02 Å². The molecule has 1 aromatic heterocycles. The molecule has 0 aliphatic carbocycles. The molecule has 0 saturated heterocycles. The molecular weight excluding hydrogens is 398 g/mol. The van der Waals surface area contributed by atoms with Crippen molar-refractivity contribution in [2.45, 2.75) is 10.1 Å². The predicted octanol–water partition coefficient (Wildman–Crippen LogP) is 6.72. The zero-order valence-corrected chi connectivity index (χ0v) is 17.3. The quantitative estimate of drug-likeness (QED) is 0.512. The SMILES string of the molecule is COc1ccc(C2C=C(c3cccs3)Nc3ccc(Cl)cc3S2)cc1OC. The van der Waals surface area contributed by atoms with Crippen molar-refractivity contribution in [3.05, 3.63) is 75.5 Å². The highest BCUT2D eigenvalue weighted by molar-refractivity contribution is 7.99. The molecule has 1 unspecified atom stereocenters. The molecule has 2 aromatic carbocycles. The van der Waals surface area contributed by atoms with Gasteiger partial charge < -0.3 is 14.8 Å². The Hall–Kier alpha value is -2.08. The van der Waals surface area contributed by atoms with Crippen LogP contribution in [0.4, 0.5) is 5.69 Å². The fourth-order valence-electron chi connectivity index (χ4n) is 2.98. The first-order valence-electron chi connectivity index (χ1n) is 8.39. The van der Waals surface area contributed by atoms with Crippen LogP contribution in [0, 0.1) is 0 Å². The van der Waals surface area contributed by atoms with Gasteiger partial charge in [-0.2, -0.15) is 0 Å². The van der Waals surface area contributed by atoms with Crippen molar-refractivity contribution in [1.82, 2.24) is 0 Å². The first-order chi connectivity index (χ1) is 13.2. The second-order valence-corrected chi connectivity index (χ2v) is 8.54. The van der Waals surface area contributed by atoms with Gasteiger partial charge in [-0.25, -0.2) is 0 Å². The maximum absolute atomic E-state index is 6.25.